The third-order valence-electron chi connectivity index (χ3n) is 3.75. The van der Waals surface area contributed by atoms with Gasteiger partial charge in [0.1, 0.15) is 5.75 Å². The van der Waals surface area contributed by atoms with Gasteiger partial charge in [0.2, 0.25) is 0 Å². The minimum atomic E-state index is -0.464. The van der Waals surface area contributed by atoms with Crippen LogP contribution in [0, 0.1) is 5.92 Å². The van der Waals surface area contributed by atoms with Gasteiger partial charge in [-0.25, -0.2) is 0 Å². The van der Waals surface area contributed by atoms with Crippen molar-refractivity contribution in [2.45, 2.75) is 37.8 Å². The lowest BCUT2D eigenvalue weighted by Crippen LogP contribution is -2.32. The Morgan fingerprint density at radius 3 is 2.59 bits per heavy atom. The van der Waals surface area contributed by atoms with E-state index in [1.165, 1.54) is 12.8 Å². The molecule has 0 amide bonds. The normalized spacial score (nSPS) is 20.2. The number of aliphatic hydroxyl groups is 1. The average molecular weight is 235 g/mol. The van der Waals surface area contributed by atoms with Gasteiger partial charge in [0.15, 0.2) is 0 Å². The number of benzene rings is 1. The van der Waals surface area contributed by atoms with Gasteiger partial charge >= 0.3 is 0 Å². The number of hydrogen-bond acceptors (Lipinski definition) is 3. The Hall–Kier alpha value is -1.06. The summed E-state index contributed by atoms with van der Waals surface area (Å²) in [5, 5.41) is 10.3. The van der Waals surface area contributed by atoms with E-state index < -0.39 is 6.10 Å². The number of para-hydroxylation sites is 1. The summed E-state index contributed by atoms with van der Waals surface area (Å²) in [6.45, 7) is 0. The third kappa shape index (κ3) is 2.61. The maximum Gasteiger partial charge on any atom is 0.123 e. The minimum absolute atomic E-state index is 0.343. The second-order valence-corrected chi connectivity index (χ2v) is 4.80. The van der Waals surface area contributed by atoms with Gasteiger partial charge in [-0.05, 0) is 24.8 Å². The van der Waals surface area contributed by atoms with E-state index in [9.17, 15) is 5.11 Å². The molecule has 3 N–H and O–H groups in total. The molecule has 0 bridgehead atoms. The molecule has 17 heavy (non-hydrogen) atoms. The molecule has 1 aromatic rings. The molecule has 3 nitrogen and oxygen atoms in total. The molecular formula is C14H21NO2. The first-order valence-electron chi connectivity index (χ1n) is 6.30. The largest absolute Gasteiger partial charge is 0.496 e. The second kappa shape index (κ2) is 5.52. The number of nitrogens with two attached hydrogens (primary N) is 1. The van der Waals surface area contributed by atoms with Crippen LogP contribution in [0.25, 0.3) is 0 Å². The highest BCUT2D eigenvalue weighted by atomic mass is 16.5. The lowest BCUT2D eigenvalue weighted by atomic mass is 9.90. The van der Waals surface area contributed by atoms with E-state index in [1.54, 1.807) is 7.11 Å². The molecule has 1 aliphatic rings. The van der Waals surface area contributed by atoms with E-state index in [2.05, 4.69) is 0 Å². The molecule has 94 valence electrons. The molecule has 0 unspecified atom stereocenters. The third-order valence-corrected chi connectivity index (χ3v) is 3.75. The molecule has 0 aromatic heterocycles. The fourth-order valence-corrected chi connectivity index (χ4v) is 2.72. The highest BCUT2D eigenvalue weighted by Crippen LogP contribution is 2.34. The van der Waals surface area contributed by atoms with E-state index in [4.69, 9.17) is 10.5 Å². The second-order valence-electron chi connectivity index (χ2n) is 4.80. The monoisotopic (exact) mass is 235 g/mol. The Morgan fingerprint density at radius 2 is 1.94 bits per heavy atom. The summed E-state index contributed by atoms with van der Waals surface area (Å²) in [6.07, 6.45) is 4.13. The molecule has 0 spiro atoms. The van der Waals surface area contributed by atoms with Crippen molar-refractivity contribution in [3.05, 3.63) is 29.8 Å². The molecule has 1 saturated carbocycles. The topological polar surface area (TPSA) is 55.5 Å². The van der Waals surface area contributed by atoms with Crippen LogP contribution in [-0.4, -0.2) is 18.3 Å². The van der Waals surface area contributed by atoms with Gasteiger partial charge in [-0.3, -0.25) is 0 Å². The van der Waals surface area contributed by atoms with Crippen LogP contribution < -0.4 is 10.5 Å². The molecule has 0 saturated heterocycles. The van der Waals surface area contributed by atoms with Crippen molar-refractivity contribution in [3.63, 3.8) is 0 Å². The molecule has 2 rings (SSSR count). The number of aliphatic hydroxyl groups excluding tert-OH is 1. The van der Waals surface area contributed by atoms with Crippen LogP contribution in [0.3, 0.4) is 0 Å². The molecule has 2 atom stereocenters. The smallest absolute Gasteiger partial charge is 0.123 e. The highest BCUT2D eigenvalue weighted by Gasteiger charge is 2.29. The SMILES string of the molecule is COc1ccccc1[C@@H](N)[C@@H](O)C1CCCC1. The Balaban J connectivity index is 2.14. The highest BCUT2D eigenvalue weighted by molar-refractivity contribution is 5.36. The van der Waals surface area contributed by atoms with Crippen LogP contribution in [0.4, 0.5) is 0 Å². The van der Waals surface area contributed by atoms with E-state index in [0.717, 1.165) is 24.2 Å². The zero-order valence-corrected chi connectivity index (χ0v) is 10.3. The Labute approximate surface area is 103 Å². The van der Waals surface area contributed by atoms with Crippen molar-refractivity contribution in [2.24, 2.45) is 11.7 Å². The molecular weight excluding hydrogens is 214 g/mol. The van der Waals surface area contributed by atoms with Crippen molar-refractivity contribution < 1.29 is 9.84 Å². The Morgan fingerprint density at radius 1 is 1.29 bits per heavy atom. The predicted octanol–water partition coefficient (Wildman–Crippen LogP) is 2.25. The summed E-state index contributed by atoms with van der Waals surface area (Å²) >= 11 is 0. The zero-order chi connectivity index (χ0) is 12.3. The minimum Gasteiger partial charge on any atom is -0.496 e. The first-order valence-corrected chi connectivity index (χ1v) is 6.30. The van der Waals surface area contributed by atoms with Crippen molar-refractivity contribution in [1.29, 1.82) is 0 Å². The van der Waals surface area contributed by atoms with Crippen molar-refractivity contribution in [1.82, 2.24) is 0 Å². The van der Waals surface area contributed by atoms with Gasteiger partial charge in [-0.2, -0.15) is 0 Å². The predicted molar refractivity (Wildman–Crippen MR) is 67.9 cm³/mol. The Kier molecular flexibility index (Phi) is 4.02. The summed E-state index contributed by atoms with van der Waals surface area (Å²) in [5.41, 5.74) is 7.06. The van der Waals surface area contributed by atoms with Crippen LogP contribution >= 0.6 is 0 Å². The quantitative estimate of drug-likeness (QED) is 0.841. The molecule has 1 aliphatic carbocycles. The van der Waals surface area contributed by atoms with Crippen LogP contribution in [0.5, 0.6) is 5.75 Å². The number of ether oxygens (including phenoxy) is 1. The van der Waals surface area contributed by atoms with Gasteiger partial charge < -0.3 is 15.6 Å². The molecule has 0 heterocycles. The number of hydrogen-bond donors (Lipinski definition) is 2. The molecule has 0 aliphatic heterocycles. The molecule has 0 radical (unpaired) electrons. The summed E-state index contributed by atoms with van der Waals surface area (Å²) in [7, 11) is 1.63. The summed E-state index contributed by atoms with van der Waals surface area (Å²) < 4.78 is 5.29. The number of methoxy groups -OCH3 is 1. The maximum atomic E-state index is 10.3. The summed E-state index contributed by atoms with van der Waals surface area (Å²) in [4.78, 5) is 0. The van der Waals surface area contributed by atoms with Crippen molar-refractivity contribution in [3.8, 4) is 5.75 Å². The van der Waals surface area contributed by atoms with E-state index in [-0.39, 0.29) is 6.04 Å². The number of rotatable bonds is 4. The van der Waals surface area contributed by atoms with Crippen LogP contribution in [0.15, 0.2) is 24.3 Å². The summed E-state index contributed by atoms with van der Waals surface area (Å²) in [6, 6.07) is 7.31. The van der Waals surface area contributed by atoms with Gasteiger partial charge in [0.25, 0.3) is 0 Å². The van der Waals surface area contributed by atoms with Crippen LogP contribution in [0.2, 0.25) is 0 Å². The van der Waals surface area contributed by atoms with Gasteiger partial charge in [-0.1, -0.05) is 31.0 Å². The fraction of sp³-hybridized carbons (Fsp3) is 0.571. The molecule has 3 heteroatoms. The van der Waals surface area contributed by atoms with E-state index >= 15 is 0 Å². The average Bonchev–Trinajstić information content (AvgIpc) is 2.90. The van der Waals surface area contributed by atoms with Crippen molar-refractivity contribution >= 4 is 0 Å². The summed E-state index contributed by atoms with van der Waals surface area (Å²) in [5.74, 6) is 1.10. The maximum absolute atomic E-state index is 10.3. The van der Waals surface area contributed by atoms with Crippen LogP contribution in [0.1, 0.15) is 37.3 Å². The van der Waals surface area contributed by atoms with Crippen molar-refractivity contribution in [2.75, 3.05) is 7.11 Å². The molecule has 1 fully saturated rings. The Bertz CT molecular complexity index is 361. The fourth-order valence-electron chi connectivity index (χ4n) is 2.72. The van der Waals surface area contributed by atoms with E-state index in [1.807, 2.05) is 24.3 Å². The van der Waals surface area contributed by atoms with Gasteiger partial charge in [0.05, 0.1) is 19.3 Å². The lowest BCUT2D eigenvalue weighted by molar-refractivity contribution is 0.0836. The lowest BCUT2D eigenvalue weighted by Gasteiger charge is -2.25. The molecule has 1 aromatic carbocycles. The van der Waals surface area contributed by atoms with E-state index in [0.29, 0.717) is 5.92 Å². The standard InChI is InChI=1S/C14H21NO2/c1-17-12-9-5-4-8-11(12)13(15)14(16)10-6-2-3-7-10/h4-5,8-10,13-14,16H,2-3,6-7,15H2,1H3/t13-,14+/m1/s1. The first-order chi connectivity index (χ1) is 8.24. The van der Waals surface area contributed by atoms with Gasteiger partial charge in [-0.15, -0.1) is 0 Å². The van der Waals surface area contributed by atoms with Gasteiger partial charge in [0, 0.05) is 5.56 Å². The zero-order valence-electron chi connectivity index (χ0n) is 10.3. The van der Waals surface area contributed by atoms with Crippen LogP contribution in [-0.2, 0) is 0 Å². The first kappa shape index (κ1) is 12.4.